The molecule has 0 atom stereocenters. The third-order valence-electron chi connectivity index (χ3n) is 6.90. The maximum absolute atomic E-state index is 12.1. The summed E-state index contributed by atoms with van der Waals surface area (Å²) in [7, 11) is -2.72. The monoisotopic (exact) mass is 523 g/mol. The Labute approximate surface area is 221 Å². The van der Waals surface area contributed by atoms with Crippen molar-refractivity contribution in [3.63, 3.8) is 0 Å². The molecule has 0 saturated carbocycles. The van der Waals surface area contributed by atoms with Crippen molar-refractivity contribution in [3.8, 4) is 16.9 Å². The summed E-state index contributed by atoms with van der Waals surface area (Å²) in [6, 6.07) is 11.6. The van der Waals surface area contributed by atoms with Crippen molar-refractivity contribution in [3.05, 3.63) is 59.3 Å². The number of aryl methyl sites for hydroxylation is 1. The Morgan fingerprint density at radius 2 is 1.84 bits per heavy atom. The van der Waals surface area contributed by atoms with E-state index < -0.39 is 15.5 Å². The number of piperidine rings is 1. The van der Waals surface area contributed by atoms with Gasteiger partial charge in [-0.3, -0.25) is 0 Å². The molecular weight excluding hydrogens is 486 g/mol. The number of nitrogens with one attached hydrogen (secondary N) is 2. The van der Waals surface area contributed by atoms with E-state index >= 15 is 0 Å². The number of rotatable bonds is 8. The Bertz CT molecular complexity index is 1340. The van der Waals surface area contributed by atoms with E-state index in [0.29, 0.717) is 23.0 Å². The van der Waals surface area contributed by atoms with Crippen LogP contribution in [-0.2, 0) is 15.5 Å². The predicted octanol–water partition coefficient (Wildman–Crippen LogP) is 4.88. The lowest BCUT2D eigenvalue weighted by Crippen LogP contribution is -2.27. The molecule has 1 fully saturated rings. The molecule has 0 aliphatic carbocycles. The molecule has 4 N–H and O–H groups in total. The normalized spacial score (nSPS) is 14.8. The quantitative estimate of drug-likeness (QED) is 0.309. The van der Waals surface area contributed by atoms with Gasteiger partial charge in [0.2, 0.25) is 5.95 Å². The van der Waals surface area contributed by atoms with Gasteiger partial charge in [0.05, 0.1) is 10.9 Å². The molecule has 0 bridgehead atoms. The topological polar surface area (TPSA) is 119 Å². The second-order valence-corrected chi connectivity index (χ2v) is 12.0. The van der Waals surface area contributed by atoms with Gasteiger partial charge in [-0.1, -0.05) is 18.2 Å². The predicted molar refractivity (Wildman–Crippen MR) is 150 cm³/mol. The van der Waals surface area contributed by atoms with Gasteiger partial charge in [0.1, 0.15) is 22.3 Å². The highest BCUT2D eigenvalue weighted by Gasteiger charge is 2.28. The van der Waals surface area contributed by atoms with Crippen molar-refractivity contribution in [2.45, 2.75) is 64.2 Å². The first-order valence-electron chi connectivity index (χ1n) is 12.7. The van der Waals surface area contributed by atoms with Crippen LogP contribution in [0.2, 0.25) is 0 Å². The van der Waals surface area contributed by atoms with Crippen molar-refractivity contribution in [2.75, 3.05) is 24.1 Å². The van der Waals surface area contributed by atoms with Crippen LogP contribution in [0.4, 0.5) is 17.5 Å². The fraction of sp³-hybridized carbons (Fsp3) is 0.429. The van der Waals surface area contributed by atoms with Crippen molar-refractivity contribution >= 4 is 28.2 Å². The smallest absolute Gasteiger partial charge is 0.221 e. The van der Waals surface area contributed by atoms with Crippen molar-refractivity contribution in [2.24, 2.45) is 0 Å². The van der Waals surface area contributed by atoms with E-state index in [9.17, 15) is 8.42 Å². The van der Waals surface area contributed by atoms with Crippen LogP contribution in [0.3, 0.4) is 0 Å². The van der Waals surface area contributed by atoms with E-state index in [4.69, 9.17) is 10.5 Å². The zero-order valence-corrected chi connectivity index (χ0v) is 23.1. The number of benzene rings is 2. The highest BCUT2D eigenvalue weighted by Crippen LogP contribution is 2.41. The lowest BCUT2D eigenvalue weighted by atomic mass is 9.86. The Kier molecular flexibility index (Phi) is 8.04. The maximum atomic E-state index is 12.1. The van der Waals surface area contributed by atoms with Gasteiger partial charge >= 0.3 is 0 Å². The number of nitrogens with two attached hydrogens (primary N) is 1. The fourth-order valence-corrected chi connectivity index (χ4v) is 5.27. The standard InChI is InChI=1S/C28H37N5O3S/c1-17(2)36-25-15-20(19-10-12-30-13-11-19)18(3)14-21(25)22-16-31-27(29)33-26(22)32-24-9-7-6-8-23(24)28(4,5)37(34)35/h6-9,14-17,19,30,37H,10-13H2,1-5H3,(H3,29,31,32,33). The molecule has 198 valence electrons. The third kappa shape index (κ3) is 5.88. The summed E-state index contributed by atoms with van der Waals surface area (Å²) in [6.45, 7) is 11.5. The summed E-state index contributed by atoms with van der Waals surface area (Å²) in [5.74, 6) is 1.85. The van der Waals surface area contributed by atoms with Gasteiger partial charge in [0, 0.05) is 23.0 Å². The molecule has 1 aromatic heterocycles. The van der Waals surface area contributed by atoms with E-state index in [1.807, 2.05) is 38.1 Å². The minimum Gasteiger partial charge on any atom is -0.490 e. The first-order valence-corrected chi connectivity index (χ1v) is 13.9. The Morgan fingerprint density at radius 3 is 2.51 bits per heavy atom. The van der Waals surface area contributed by atoms with Crippen LogP contribution in [0.25, 0.3) is 11.1 Å². The number of anilines is 3. The highest BCUT2D eigenvalue weighted by molar-refractivity contribution is 7.73. The second kappa shape index (κ2) is 11.1. The van der Waals surface area contributed by atoms with Gasteiger partial charge < -0.3 is 21.1 Å². The van der Waals surface area contributed by atoms with Crippen LogP contribution in [0.15, 0.2) is 42.6 Å². The van der Waals surface area contributed by atoms with E-state index in [0.717, 1.165) is 42.8 Å². The molecule has 0 spiro atoms. The summed E-state index contributed by atoms with van der Waals surface area (Å²) >= 11 is 0. The van der Waals surface area contributed by atoms with E-state index in [2.05, 4.69) is 39.7 Å². The zero-order chi connectivity index (χ0) is 26.7. The molecule has 2 aromatic carbocycles. The average Bonchev–Trinajstić information content (AvgIpc) is 2.85. The minimum atomic E-state index is -2.72. The average molecular weight is 524 g/mol. The SMILES string of the molecule is Cc1cc(-c2cnc(N)nc2Nc2ccccc2C(C)(C)[SH](=O)=O)c(OC(C)C)cc1C1CCNCC1. The summed E-state index contributed by atoms with van der Waals surface area (Å²) < 4.78 is 29.4. The van der Waals surface area contributed by atoms with Crippen molar-refractivity contribution in [1.29, 1.82) is 0 Å². The van der Waals surface area contributed by atoms with E-state index in [1.54, 1.807) is 20.0 Å². The van der Waals surface area contributed by atoms with Crippen LogP contribution in [0, 0.1) is 6.92 Å². The first kappa shape index (κ1) is 26.9. The van der Waals surface area contributed by atoms with Gasteiger partial charge in [-0.05, 0) is 101 Å². The number of hydrogen-bond acceptors (Lipinski definition) is 8. The summed E-state index contributed by atoms with van der Waals surface area (Å²) in [5, 5.41) is 6.80. The number of nitrogen functional groups attached to an aromatic ring is 1. The first-order chi connectivity index (χ1) is 17.6. The Hall–Kier alpha value is -3.17. The number of ether oxygens (including phenoxy) is 1. The molecule has 8 nitrogen and oxygen atoms in total. The van der Waals surface area contributed by atoms with Crippen molar-refractivity contribution in [1.82, 2.24) is 15.3 Å². The molecule has 0 amide bonds. The molecule has 0 radical (unpaired) electrons. The van der Waals surface area contributed by atoms with Gasteiger partial charge in [-0.25, -0.2) is 13.4 Å². The molecule has 2 heterocycles. The van der Waals surface area contributed by atoms with E-state index in [1.165, 1.54) is 11.1 Å². The molecular formula is C28H37N5O3S. The third-order valence-corrected chi connectivity index (χ3v) is 8.06. The Balaban J connectivity index is 1.84. The van der Waals surface area contributed by atoms with Gasteiger partial charge in [-0.2, -0.15) is 4.98 Å². The van der Waals surface area contributed by atoms with Crippen LogP contribution in [0.1, 0.15) is 63.1 Å². The molecule has 1 saturated heterocycles. The van der Waals surface area contributed by atoms with Gasteiger partial charge in [-0.15, -0.1) is 0 Å². The lowest BCUT2D eigenvalue weighted by Gasteiger charge is -2.27. The summed E-state index contributed by atoms with van der Waals surface area (Å²) in [5.41, 5.74) is 11.4. The van der Waals surface area contributed by atoms with Gasteiger partial charge in [0.15, 0.2) is 0 Å². The second-order valence-electron chi connectivity index (χ2n) is 10.4. The fourth-order valence-electron chi connectivity index (χ4n) is 4.88. The van der Waals surface area contributed by atoms with Gasteiger partial charge in [0.25, 0.3) is 0 Å². The summed E-state index contributed by atoms with van der Waals surface area (Å²) in [6.07, 6.45) is 3.85. The number of thiol groups is 1. The molecule has 0 unspecified atom stereocenters. The minimum absolute atomic E-state index is 0.0247. The molecule has 1 aliphatic rings. The van der Waals surface area contributed by atoms with Crippen LogP contribution in [0.5, 0.6) is 5.75 Å². The molecule has 9 heteroatoms. The molecule has 1 aliphatic heterocycles. The van der Waals surface area contributed by atoms with E-state index in [-0.39, 0.29) is 12.1 Å². The largest absolute Gasteiger partial charge is 0.490 e. The Morgan fingerprint density at radius 1 is 1.14 bits per heavy atom. The molecule has 4 rings (SSSR count). The number of hydrogen-bond donors (Lipinski definition) is 4. The number of nitrogens with zero attached hydrogens (tertiary/aromatic N) is 2. The van der Waals surface area contributed by atoms with Crippen LogP contribution >= 0.6 is 0 Å². The zero-order valence-electron chi connectivity index (χ0n) is 22.2. The summed E-state index contributed by atoms with van der Waals surface area (Å²) in [4.78, 5) is 8.80. The maximum Gasteiger partial charge on any atom is 0.221 e. The van der Waals surface area contributed by atoms with Crippen molar-refractivity contribution < 1.29 is 13.2 Å². The van der Waals surface area contributed by atoms with Crippen LogP contribution < -0.4 is 21.1 Å². The molecule has 37 heavy (non-hydrogen) atoms. The lowest BCUT2D eigenvalue weighted by molar-refractivity contribution is 0.243. The number of para-hydroxylation sites is 1. The highest BCUT2D eigenvalue weighted by atomic mass is 32.2. The molecule has 3 aromatic rings. The number of aromatic nitrogens is 2. The van der Waals surface area contributed by atoms with Crippen LogP contribution in [-0.4, -0.2) is 37.6 Å².